The normalized spacial score (nSPS) is 15.7. The van der Waals surface area contributed by atoms with Crippen molar-refractivity contribution in [2.75, 3.05) is 14.2 Å². The SMILES string of the molecule is COC(=O)C1=C(C)N=c2s/c(=C\c3c(OC)ccc4ccccc34)c(=O)n2C1c1ccc(Cl)cc1. The minimum absolute atomic E-state index is 0.252. The van der Waals surface area contributed by atoms with Gasteiger partial charge in [-0.25, -0.2) is 9.79 Å². The fourth-order valence-corrected chi connectivity index (χ4v) is 5.54. The summed E-state index contributed by atoms with van der Waals surface area (Å²) < 4.78 is 12.7. The molecule has 0 spiro atoms. The lowest BCUT2D eigenvalue weighted by molar-refractivity contribution is -0.136. The lowest BCUT2D eigenvalue weighted by Crippen LogP contribution is -2.39. The second kappa shape index (κ2) is 9.17. The Hall–Kier alpha value is -3.68. The number of hydrogen-bond donors (Lipinski definition) is 0. The fourth-order valence-electron chi connectivity index (χ4n) is 4.39. The van der Waals surface area contributed by atoms with Gasteiger partial charge in [0.15, 0.2) is 4.80 Å². The monoisotopic (exact) mass is 504 g/mol. The van der Waals surface area contributed by atoms with Gasteiger partial charge in [-0.2, -0.15) is 0 Å². The summed E-state index contributed by atoms with van der Waals surface area (Å²) in [5, 5.41) is 2.57. The van der Waals surface area contributed by atoms with Crippen LogP contribution in [0.25, 0.3) is 16.8 Å². The van der Waals surface area contributed by atoms with Crippen LogP contribution in [0.2, 0.25) is 5.02 Å². The van der Waals surface area contributed by atoms with E-state index in [-0.39, 0.29) is 5.56 Å². The van der Waals surface area contributed by atoms with Crippen LogP contribution in [0.5, 0.6) is 5.75 Å². The van der Waals surface area contributed by atoms with Crippen molar-refractivity contribution in [1.29, 1.82) is 0 Å². The molecule has 0 saturated heterocycles. The van der Waals surface area contributed by atoms with Crippen molar-refractivity contribution in [3.05, 3.63) is 108 Å². The third kappa shape index (κ3) is 3.96. The van der Waals surface area contributed by atoms with Gasteiger partial charge in [-0.15, -0.1) is 0 Å². The number of methoxy groups -OCH3 is 2. The van der Waals surface area contributed by atoms with Crippen LogP contribution in [-0.2, 0) is 9.53 Å². The second-order valence-electron chi connectivity index (χ2n) is 8.03. The summed E-state index contributed by atoms with van der Waals surface area (Å²) in [6, 6.07) is 18.2. The number of ether oxygens (including phenoxy) is 2. The van der Waals surface area contributed by atoms with Gasteiger partial charge in [-0.05, 0) is 47.5 Å². The molecule has 4 aromatic rings. The number of benzene rings is 3. The highest BCUT2D eigenvalue weighted by molar-refractivity contribution is 7.07. The van der Waals surface area contributed by atoms with E-state index in [1.165, 1.54) is 18.4 Å². The topological polar surface area (TPSA) is 69.9 Å². The molecule has 1 aromatic heterocycles. The Bertz CT molecular complexity index is 1680. The summed E-state index contributed by atoms with van der Waals surface area (Å²) >= 11 is 7.37. The molecule has 6 nitrogen and oxygen atoms in total. The molecule has 0 fully saturated rings. The molecule has 8 heteroatoms. The third-order valence-corrected chi connectivity index (χ3v) is 7.27. The van der Waals surface area contributed by atoms with Crippen LogP contribution in [0, 0.1) is 0 Å². The summed E-state index contributed by atoms with van der Waals surface area (Å²) in [6.07, 6.45) is 1.83. The van der Waals surface area contributed by atoms with E-state index in [0.29, 0.717) is 31.4 Å². The smallest absolute Gasteiger partial charge is 0.338 e. The molecular weight excluding hydrogens is 484 g/mol. The van der Waals surface area contributed by atoms with Crippen molar-refractivity contribution in [3.63, 3.8) is 0 Å². The Labute approximate surface area is 210 Å². The quantitative estimate of drug-likeness (QED) is 0.390. The standard InChI is InChI=1S/C27H21ClN2O4S/c1-15-23(26(32)34-3)24(17-8-11-18(28)12-9-17)30-25(31)22(35-27(30)29-15)14-20-19-7-5-4-6-16(19)10-13-21(20)33-2/h4-14,24H,1-3H3/b22-14-. The second-order valence-corrected chi connectivity index (χ2v) is 9.47. The van der Waals surface area contributed by atoms with Crippen LogP contribution < -0.4 is 19.6 Å². The van der Waals surface area contributed by atoms with Crippen LogP contribution in [-0.4, -0.2) is 24.8 Å². The van der Waals surface area contributed by atoms with E-state index in [1.807, 2.05) is 42.5 Å². The van der Waals surface area contributed by atoms with Crippen LogP contribution in [0.15, 0.2) is 81.7 Å². The number of esters is 1. The lowest BCUT2D eigenvalue weighted by Gasteiger charge is -2.24. The molecular formula is C27H21ClN2O4S. The molecule has 176 valence electrons. The molecule has 3 aromatic carbocycles. The number of hydrogen-bond acceptors (Lipinski definition) is 6. The molecule has 35 heavy (non-hydrogen) atoms. The van der Waals surface area contributed by atoms with Crippen molar-refractivity contribution >= 4 is 45.8 Å². The molecule has 0 bridgehead atoms. The van der Waals surface area contributed by atoms with E-state index in [2.05, 4.69) is 4.99 Å². The third-order valence-electron chi connectivity index (χ3n) is 6.04. The van der Waals surface area contributed by atoms with Crippen LogP contribution in [0.3, 0.4) is 0 Å². The molecule has 0 amide bonds. The summed E-state index contributed by atoms with van der Waals surface area (Å²) in [5.74, 6) is 0.131. The van der Waals surface area contributed by atoms with Gasteiger partial charge in [0, 0.05) is 10.6 Å². The zero-order chi connectivity index (χ0) is 24.7. The van der Waals surface area contributed by atoms with Gasteiger partial charge in [-0.3, -0.25) is 9.36 Å². The zero-order valence-corrected chi connectivity index (χ0v) is 20.8. The minimum atomic E-state index is -0.687. The Morgan fingerprint density at radius 2 is 1.83 bits per heavy atom. The van der Waals surface area contributed by atoms with Gasteiger partial charge in [-0.1, -0.05) is 65.4 Å². The first kappa shape index (κ1) is 23.1. The van der Waals surface area contributed by atoms with Crippen LogP contribution in [0.4, 0.5) is 0 Å². The van der Waals surface area contributed by atoms with Gasteiger partial charge < -0.3 is 9.47 Å². The molecule has 1 aliphatic rings. The number of thiazole rings is 1. The fraction of sp³-hybridized carbons (Fsp3) is 0.148. The van der Waals surface area contributed by atoms with Gasteiger partial charge in [0.05, 0.1) is 36.1 Å². The molecule has 1 aliphatic heterocycles. The van der Waals surface area contributed by atoms with Crippen LogP contribution in [0.1, 0.15) is 24.1 Å². The molecule has 1 unspecified atom stereocenters. The van der Waals surface area contributed by atoms with Gasteiger partial charge >= 0.3 is 5.97 Å². The molecule has 0 N–H and O–H groups in total. The maximum absolute atomic E-state index is 13.8. The Morgan fingerprint density at radius 1 is 1.09 bits per heavy atom. The van der Waals surface area contributed by atoms with Crippen molar-refractivity contribution in [1.82, 2.24) is 4.57 Å². The molecule has 2 heterocycles. The largest absolute Gasteiger partial charge is 0.496 e. The summed E-state index contributed by atoms with van der Waals surface area (Å²) in [4.78, 5) is 31.7. The number of allylic oxidation sites excluding steroid dienone is 1. The highest BCUT2D eigenvalue weighted by Gasteiger charge is 2.33. The zero-order valence-electron chi connectivity index (χ0n) is 19.2. The first-order valence-corrected chi connectivity index (χ1v) is 12.0. The van der Waals surface area contributed by atoms with Crippen LogP contribution >= 0.6 is 22.9 Å². The highest BCUT2D eigenvalue weighted by atomic mass is 35.5. The molecule has 5 rings (SSSR count). The summed E-state index contributed by atoms with van der Waals surface area (Å²) in [7, 11) is 2.93. The van der Waals surface area contributed by atoms with E-state index in [1.54, 1.807) is 42.9 Å². The number of fused-ring (bicyclic) bond motifs is 2. The maximum Gasteiger partial charge on any atom is 0.338 e. The number of aromatic nitrogens is 1. The van der Waals surface area contributed by atoms with E-state index in [0.717, 1.165) is 21.9 Å². The van der Waals surface area contributed by atoms with Crippen molar-refractivity contribution in [2.45, 2.75) is 13.0 Å². The number of nitrogens with zero attached hydrogens (tertiary/aromatic N) is 2. The van der Waals surface area contributed by atoms with E-state index >= 15 is 0 Å². The van der Waals surface area contributed by atoms with E-state index in [4.69, 9.17) is 21.1 Å². The van der Waals surface area contributed by atoms with Gasteiger partial charge in [0.1, 0.15) is 5.75 Å². The van der Waals surface area contributed by atoms with Crippen molar-refractivity contribution in [3.8, 4) is 5.75 Å². The average molecular weight is 505 g/mol. The Balaban J connectivity index is 1.80. The van der Waals surface area contributed by atoms with E-state index in [9.17, 15) is 9.59 Å². The summed E-state index contributed by atoms with van der Waals surface area (Å²) in [5.41, 5.74) is 2.11. The lowest BCUT2D eigenvalue weighted by atomic mass is 9.96. The van der Waals surface area contributed by atoms with Gasteiger partial charge in [0.25, 0.3) is 5.56 Å². The first-order chi connectivity index (χ1) is 16.9. The van der Waals surface area contributed by atoms with Gasteiger partial charge in [0.2, 0.25) is 0 Å². The molecule has 0 saturated carbocycles. The average Bonchev–Trinajstić information content (AvgIpc) is 3.17. The Kier molecular flexibility index (Phi) is 6.05. The number of carbonyl (C=O) groups is 1. The summed E-state index contributed by atoms with van der Waals surface area (Å²) in [6.45, 7) is 1.75. The number of halogens is 1. The number of rotatable bonds is 4. The number of carbonyl (C=O) groups excluding carboxylic acids is 1. The minimum Gasteiger partial charge on any atom is -0.496 e. The van der Waals surface area contributed by atoms with Crippen molar-refractivity contribution < 1.29 is 14.3 Å². The van der Waals surface area contributed by atoms with E-state index < -0.39 is 12.0 Å². The Morgan fingerprint density at radius 3 is 2.54 bits per heavy atom. The predicted molar refractivity (Wildman–Crippen MR) is 138 cm³/mol. The molecule has 1 atom stereocenters. The highest BCUT2D eigenvalue weighted by Crippen LogP contribution is 2.32. The van der Waals surface area contributed by atoms with Crippen molar-refractivity contribution in [2.24, 2.45) is 4.99 Å². The molecule has 0 radical (unpaired) electrons. The molecule has 0 aliphatic carbocycles. The first-order valence-electron chi connectivity index (χ1n) is 10.8. The maximum atomic E-state index is 13.8. The predicted octanol–water partition coefficient (Wildman–Crippen LogP) is 4.22.